The maximum atomic E-state index is 4.63. The second-order valence-electron chi connectivity index (χ2n) is 5.51. The van der Waals surface area contributed by atoms with Crippen molar-refractivity contribution in [1.29, 1.82) is 0 Å². The minimum Gasteiger partial charge on any atom is -0.366 e. The Labute approximate surface area is 127 Å². The van der Waals surface area contributed by atoms with Crippen LogP contribution in [0.4, 0.5) is 5.82 Å². The van der Waals surface area contributed by atoms with E-state index in [0.717, 1.165) is 48.1 Å². The zero-order valence-corrected chi connectivity index (χ0v) is 12.3. The first-order chi connectivity index (χ1) is 10.8. The lowest BCUT2D eigenvalue weighted by Gasteiger charge is -2.14. The zero-order chi connectivity index (χ0) is 14.9. The molecule has 0 spiro atoms. The summed E-state index contributed by atoms with van der Waals surface area (Å²) in [5.41, 5.74) is 3.30. The maximum Gasteiger partial charge on any atom is 0.158 e. The summed E-state index contributed by atoms with van der Waals surface area (Å²) in [6, 6.07) is 4.39. The van der Waals surface area contributed by atoms with Gasteiger partial charge in [0.15, 0.2) is 5.65 Å². The summed E-state index contributed by atoms with van der Waals surface area (Å²) >= 11 is 0. The molecule has 22 heavy (non-hydrogen) atoms. The molecule has 1 aliphatic heterocycles. The standard InChI is InChI=1S/C15H17N7/c1-10-6-14(20-11-2-3-16-8-11)22-15(19-10)7-12(21-22)13-9-17-4-5-18-13/h4-7,9,11,16,20H,2-3,8H2,1H3. The minimum absolute atomic E-state index is 0.425. The quantitative estimate of drug-likeness (QED) is 0.757. The number of hydrogen-bond donors (Lipinski definition) is 2. The lowest BCUT2D eigenvalue weighted by molar-refractivity contribution is 0.774. The van der Waals surface area contributed by atoms with Gasteiger partial charge in [0, 0.05) is 42.8 Å². The van der Waals surface area contributed by atoms with Gasteiger partial charge in [0.05, 0.1) is 6.20 Å². The third-order valence-corrected chi connectivity index (χ3v) is 3.79. The molecular weight excluding hydrogens is 278 g/mol. The number of rotatable bonds is 3. The molecule has 1 fully saturated rings. The van der Waals surface area contributed by atoms with Gasteiger partial charge in [-0.1, -0.05) is 0 Å². The van der Waals surface area contributed by atoms with E-state index in [1.165, 1.54) is 0 Å². The van der Waals surface area contributed by atoms with Crippen LogP contribution in [0.25, 0.3) is 17.0 Å². The van der Waals surface area contributed by atoms with Crippen LogP contribution in [0, 0.1) is 6.92 Å². The van der Waals surface area contributed by atoms with Crippen molar-refractivity contribution in [1.82, 2.24) is 29.9 Å². The minimum atomic E-state index is 0.425. The summed E-state index contributed by atoms with van der Waals surface area (Å²) in [5, 5.41) is 11.5. The van der Waals surface area contributed by atoms with E-state index in [-0.39, 0.29) is 0 Å². The Kier molecular flexibility index (Phi) is 3.19. The summed E-state index contributed by atoms with van der Waals surface area (Å²) in [6.07, 6.45) is 6.15. The Morgan fingerprint density at radius 1 is 1.27 bits per heavy atom. The van der Waals surface area contributed by atoms with Gasteiger partial charge in [-0.15, -0.1) is 0 Å². The number of fused-ring (bicyclic) bond motifs is 1. The van der Waals surface area contributed by atoms with Crippen LogP contribution in [-0.4, -0.2) is 43.7 Å². The van der Waals surface area contributed by atoms with E-state index in [1.807, 2.05) is 23.6 Å². The van der Waals surface area contributed by atoms with Crippen LogP contribution in [0.3, 0.4) is 0 Å². The Balaban J connectivity index is 1.77. The smallest absolute Gasteiger partial charge is 0.158 e. The van der Waals surface area contributed by atoms with Crippen LogP contribution in [0.2, 0.25) is 0 Å². The Morgan fingerprint density at radius 3 is 3.00 bits per heavy atom. The molecule has 3 aromatic rings. The molecule has 0 bridgehead atoms. The fraction of sp³-hybridized carbons (Fsp3) is 0.333. The topological polar surface area (TPSA) is 80.0 Å². The molecule has 3 aromatic heterocycles. The summed E-state index contributed by atoms with van der Waals surface area (Å²) in [5.74, 6) is 0.964. The zero-order valence-electron chi connectivity index (χ0n) is 12.3. The molecule has 2 N–H and O–H groups in total. The van der Waals surface area contributed by atoms with E-state index in [0.29, 0.717) is 6.04 Å². The number of nitrogens with zero attached hydrogens (tertiary/aromatic N) is 5. The number of hydrogen-bond acceptors (Lipinski definition) is 6. The third kappa shape index (κ3) is 2.39. The van der Waals surface area contributed by atoms with Gasteiger partial charge in [0.25, 0.3) is 0 Å². The van der Waals surface area contributed by atoms with Crippen molar-refractivity contribution in [3.8, 4) is 11.4 Å². The molecule has 7 nitrogen and oxygen atoms in total. The molecule has 4 rings (SSSR count). The van der Waals surface area contributed by atoms with Gasteiger partial charge in [0.2, 0.25) is 0 Å². The fourth-order valence-electron chi connectivity index (χ4n) is 2.75. The Morgan fingerprint density at radius 2 is 2.23 bits per heavy atom. The molecule has 1 saturated heterocycles. The highest BCUT2D eigenvalue weighted by Gasteiger charge is 2.17. The van der Waals surface area contributed by atoms with E-state index < -0.39 is 0 Å². The van der Waals surface area contributed by atoms with Crippen LogP contribution in [0.5, 0.6) is 0 Å². The molecule has 4 heterocycles. The molecule has 7 heteroatoms. The monoisotopic (exact) mass is 295 g/mol. The average molecular weight is 295 g/mol. The molecule has 0 radical (unpaired) electrons. The van der Waals surface area contributed by atoms with Gasteiger partial charge < -0.3 is 10.6 Å². The predicted octanol–water partition coefficient (Wildman–Crippen LogP) is 1.27. The number of aromatic nitrogens is 5. The molecule has 0 amide bonds. The van der Waals surface area contributed by atoms with Crippen LogP contribution in [0.15, 0.2) is 30.7 Å². The third-order valence-electron chi connectivity index (χ3n) is 3.79. The fourth-order valence-corrected chi connectivity index (χ4v) is 2.75. The van der Waals surface area contributed by atoms with Crippen molar-refractivity contribution >= 4 is 11.5 Å². The molecule has 1 aliphatic rings. The summed E-state index contributed by atoms with van der Waals surface area (Å²) < 4.78 is 1.84. The maximum absolute atomic E-state index is 4.63. The van der Waals surface area contributed by atoms with Crippen molar-refractivity contribution in [3.63, 3.8) is 0 Å². The van der Waals surface area contributed by atoms with E-state index in [2.05, 4.69) is 30.7 Å². The van der Waals surface area contributed by atoms with E-state index in [1.54, 1.807) is 18.6 Å². The van der Waals surface area contributed by atoms with Gasteiger partial charge >= 0.3 is 0 Å². The normalized spacial score (nSPS) is 18.0. The number of anilines is 1. The highest BCUT2D eigenvalue weighted by Crippen LogP contribution is 2.20. The van der Waals surface area contributed by atoms with E-state index >= 15 is 0 Å². The van der Waals surface area contributed by atoms with Crippen molar-refractivity contribution in [2.75, 3.05) is 18.4 Å². The summed E-state index contributed by atoms with van der Waals surface area (Å²) in [4.78, 5) is 13.0. The van der Waals surface area contributed by atoms with Gasteiger partial charge in [-0.2, -0.15) is 9.61 Å². The molecule has 1 atom stereocenters. The molecule has 112 valence electrons. The van der Waals surface area contributed by atoms with Crippen molar-refractivity contribution in [2.24, 2.45) is 0 Å². The van der Waals surface area contributed by atoms with E-state index in [4.69, 9.17) is 0 Å². The van der Waals surface area contributed by atoms with Crippen molar-refractivity contribution in [3.05, 3.63) is 36.4 Å². The summed E-state index contributed by atoms with van der Waals surface area (Å²) in [6.45, 7) is 4.02. The second kappa shape index (κ2) is 5.34. The second-order valence-corrected chi connectivity index (χ2v) is 5.51. The lowest BCUT2D eigenvalue weighted by atomic mass is 10.2. The molecule has 1 unspecified atom stereocenters. The number of nitrogens with one attached hydrogen (secondary N) is 2. The van der Waals surface area contributed by atoms with E-state index in [9.17, 15) is 0 Å². The van der Waals surface area contributed by atoms with Crippen LogP contribution < -0.4 is 10.6 Å². The van der Waals surface area contributed by atoms with Gasteiger partial charge in [-0.05, 0) is 19.9 Å². The van der Waals surface area contributed by atoms with Gasteiger partial charge in [-0.25, -0.2) is 4.98 Å². The predicted molar refractivity (Wildman–Crippen MR) is 83.6 cm³/mol. The molecular formula is C15H17N7. The van der Waals surface area contributed by atoms with Gasteiger partial charge in [-0.3, -0.25) is 9.97 Å². The lowest BCUT2D eigenvalue weighted by Crippen LogP contribution is -2.23. The summed E-state index contributed by atoms with van der Waals surface area (Å²) in [7, 11) is 0. The van der Waals surface area contributed by atoms with Crippen molar-refractivity contribution in [2.45, 2.75) is 19.4 Å². The highest BCUT2D eigenvalue weighted by molar-refractivity contribution is 5.62. The largest absolute Gasteiger partial charge is 0.366 e. The van der Waals surface area contributed by atoms with Crippen molar-refractivity contribution < 1.29 is 0 Å². The molecule has 0 aliphatic carbocycles. The van der Waals surface area contributed by atoms with Gasteiger partial charge in [0.1, 0.15) is 17.2 Å². The SMILES string of the molecule is Cc1cc(NC2CCNC2)n2nc(-c3cnccn3)cc2n1. The highest BCUT2D eigenvalue weighted by atomic mass is 15.3. The first-order valence-corrected chi connectivity index (χ1v) is 7.41. The Hall–Kier alpha value is -2.54. The first kappa shape index (κ1) is 13.1. The van der Waals surface area contributed by atoms with Crippen LogP contribution in [0.1, 0.15) is 12.1 Å². The molecule has 0 aromatic carbocycles. The molecule has 0 saturated carbocycles. The van der Waals surface area contributed by atoms with Crippen LogP contribution >= 0.6 is 0 Å². The Bertz CT molecular complexity index is 790. The van der Waals surface area contributed by atoms with Crippen LogP contribution in [-0.2, 0) is 0 Å². The average Bonchev–Trinajstić information content (AvgIpc) is 3.17. The first-order valence-electron chi connectivity index (χ1n) is 7.41. The number of aryl methyl sites for hydroxylation is 1.